The number of esters is 2. The highest BCUT2D eigenvalue weighted by Gasteiger charge is 2.26. The lowest BCUT2D eigenvalue weighted by Crippen LogP contribution is -2.29. The monoisotopic (exact) mass is 706 g/mol. The molecule has 3 N–H and O–H groups in total. The van der Waals surface area contributed by atoms with Gasteiger partial charge in [-0.05, 0) is 12.8 Å². The molecule has 0 aromatic heterocycles. The fourth-order valence-electron chi connectivity index (χ4n) is 5.75. The van der Waals surface area contributed by atoms with Gasteiger partial charge in [0, 0.05) is 19.4 Å². The molecule has 0 fully saturated rings. The largest absolute Gasteiger partial charge is 0.472 e. The van der Waals surface area contributed by atoms with Crippen molar-refractivity contribution in [3.05, 3.63) is 0 Å². The third kappa shape index (κ3) is 34.9. The molecule has 10 heteroatoms. The summed E-state index contributed by atoms with van der Waals surface area (Å²) in [7, 11) is -4.36. The van der Waals surface area contributed by atoms with Crippen LogP contribution in [0.5, 0.6) is 0 Å². The molecule has 2 atom stereocenters. The van der Waals surface area contributed by atoms with Gasteiger partial charge in [0.25, 0.3) is 0 Å². The number of hydrogen-bond acceptors (Lipinski definition) is 8. The molecular formula is C38H76NO8P. The SMILES string of the molecule is CCCCCCCCCCCCCCCCCCCCC(=O)OC(COC(=O)CCCCCCCCCCC)COP(=O)(O)OCCN. The van der Waals surface area contributed by atoms with Gasteiger partial charge in [-0.1, -0.05) is 174 Å². The number of unbranched alkanes of at least 4 members (excludes halogenated alkanes) is 25. The van der Waals surface area contributed by atoms with Crippen LogP contribution in [0, 0.1) is 0 Å². The lowest BCUT2D eigenvalue weighted by Gasteiger charge is -2.19. The Bertz CT molecular complexity index is 769. The first-order valence-electron chi connectivity index (χ1n) is 20.0. The molecule has 0 spiro atoms. The van der Waals surface area contributed by atoms with Gasteiger partial charge in [0.05, 0.1) is 13.2 Å². The summed E-state index contributed by atoms with van der Waals surface area (Å²) in [5.74, 6) is -0.820. The number of carbonyl (C=O) groups excluding carboxylic acids is 2. The molecule has 0 heterocycles. The molecule has 0 radical (unpaired) electrons. The lowest BCUT2D eigenvalue weighted by atomic mass is 10.0. The van der Waals surface area contributed by atoms with Crippen molar-refractivity contribution in [2.75, 3.05) is 26.4 Å². The van der Waals surface area contributed by atoms with E-state index in [9.17, 15) is 19.0 Å². The summed E-state index contributed by atoms with van der Waals surface area (Å²) in [5, 5.41) is 0. The summed E-state index contributed by atoms with van der Waals surface area (Å²) in [6.07, 6.45) is 32.8. The van der Waals surface area contributed by atoms with E-state index in [1.165, 1.54) is 135 Å². The van der Waals surface area contributed by atoms with E-state index in [1.54, 1.807) is 0 Å². The minimum Gasteiger partial charge on any atom is -0.462 e. The summed E-state index contributed by atoms with van der Waals surface area (Å²) < 4.78 is 32.6. The minimum absolute atomic E-state index is 0.0577. The van der Waals surface area contributed by atoms with Gasteiger partial charge in [-0.3, -0.25) is 18.6 Å². The van der Waals surface area contributed by atoms with E-state index in [2.05, 4.69) is 13.8 Å². The third-order valence-electron chi connectivity index (χ3n) is 8.74. The standard InChI is InChI=1S/C38H76NO8P/c1-3-5-7-9-11-13-14-15-16-17-18-19-20-21-23-25-27-29-31-38(41)47-36(35-46-48(42,43)45-33-32-39)34-44-37(40)30-28-26-24-22-12-10-8-6-4-2/h36H,3-35,39H2,1-2H3,(H,42,43). The first-order chi connectivity index (χ1) is 23.3. The first-order valence-corrected chi connectivity index (χ1v) is 21.5. The molecular weight excluding hydrogens is 629 g/mol. The smallest absolute Gasteiger partial charge is 0.462 e. The molecule has 0 amide bonds. The van der Waals surface area contributed by atoms with Gasteiger partial charge in [0.2, 0.25) is 0 Å². The maximum atomic E-state index is 12.5. The summed E-state index contributed by atoms with van der Waals surface area (Å²) in [6.45, 7) is 3.73. The van der Waals surface area contributed by atoms with Gasteiger partial charge < -0.3 is 20.1 Å². The number of nitrogens with two attached hydrogens (primary N) is 1. The van der Waals surface area contributed by atoms with Crippen molar-refractivity contribution in [3.8, 4) is 0 Å². The molecule has 0 aromatic carbocycles. The zero-order valence-electron chi connectivity index (χ0n) is 31.2. The number of phosphoric ester groups is 1. The molecule has 0 bridgehead atoms. The Hall–Kier alpha value is -0.990. The quantitative estimate of drug-likeness (QED) is 0.0365. The van der Waals surface area contributed by atoms with Crippen LogP contribution in [-0.2, 0) is 32.7 Å². The molecule has 2 unspecified atom stereocenters. The van der Waals surface area contributed by atoms with Gasteiger partial charge >= 0.3 is 19.8 Å². The van der Waals surface area contributed by atoms with E-state index < -0.39 is 26.5 Å². The van der Waals surface area contributed by atoms with Crippen LogP contribution < -0.4 is 5.73 Å². The molecule has 0 saturated heterocycles. The van der Waals surface area contributed by atoms with Gasteiger partial charge in [0.1, 0.15) is 6.61 Å². The van der Waals surface area contributed by atoms with Gasteiger partial charge in [-0.25, -0.2) is 4.57 Å². The molecule has 9 nitrogen and oxygen atoms in total. The van der Waals surface area contributed by atoms with E-state index in [0.717, 1.165) is 32.1 Å². The second-order valence-corrected chi connectivity index (χ2v) is 15.0. The van der Waals surface area contributed by atoms with Crippen LogP contribution in [0.2, 0.25) is 0 Å². The molecule has 0 rings (SSSR count). The molecule has 0 aliphatic heterocycles. The number of carbonyl (C=O) groups is 2. The Morgan fingerprint density at radius 3 is 1.27 bits per heavy atom. The topological polar surface area (TPSA) is 134 Å². The maximum absolute atomic E-state index is 12.5. The van der Waals surface area contributed by atoms with Crippen LogP contribution in [0.25, 0.3) is 0 Å². The number of ether oxygens (including phenoxy) is 2. The van der Waals surface area contributed by atoms with Crippen molar-refractivity contribution >= 4 is 19.8 Å². The van der Waals surface area contributed by atoms with Crippen molar-refractivity contribution in [2.45, 2.75) is 206 Å². The second-order valence-electron chi connectivity index (χ2n) is 13.5. The fraction of sp³-hybridized carbons (Fsp3) is 0.947. The Morgan fingerprint density at radius 1 is 0.542 bits per heavy atom. The van der Waals surface area contributed by atoms with Crippen LogP contribution >= 0.6 is 7.82 Å². The van der Waals surface area contributed by atoms with E-state index in [0.29, 0.717) is 6.42 Å². The zero-order chi connectivity index (χ0) is 35.4. The summed E-state index contributed by atoms with van der Waals surface area (Å²) in [6, 6.07) is 0. The van der Waals surface area contributed by atoms with Crippen molar-refractivity contribution in [2.24, 2.45) is 5.73 Å². The van der Waals surface area contributed by atoms with Crippen LogP contribution in [0.3, 0.4) is 0 Å². The normalized spacial score (nSPS) is 13.3. The van der Waals surface area contributed by atoms with Crippen molar-refractivity contribution in [1.29, 1.82) is 0 Å². The number of phosphoric acid groups is 1. The Balaban J connectivity index is 4.09. The van der Waals surface area contributed by atoms with Crippen LogP contribution in [0.4, 0.5) is 0 Å². The zero-order valence-corrected chi connectivity index (χ0v) is 32.1. The average Bonchev–Trinajstić information content (AvgIpc) is 3.07. The summed E-state index contributed by atoms with van der Waals surface area (Å²) in [4.78, 5) is 34.6. The Labute approximate surface area is 295 Å². The third-order valence-corrected chi connectivity index (χ3v) is 9.73. The van der Waals surface area contributed by atoms with Crippen molar-refractivity contribution in [1.82, 2.24) is 0 Å². The molecule has 48 heavy (non-hydrogen) atoms. The average molecular weight is 706 g/mol. The van der Waals surface area contributed by atoms with Crippen LogP contribution in [0.1, 0.15) is 200 Å². The molecule has 0 aromatic rings. The summed E-state index contributed by atoms with van der Waals surface area (Å²) >= 11 is 0. The molecule has 286 valence electrons. The van der Waals surface area contributed by atoms with E-state index in [1.807, 2.05) is 0 Å². The van der Waals surface area contributed by atoms with E-state index >= 15 is 0 Å². The summed E-state index contributed by atoms with van der Waals surface area (Å²) in [5.41, 5.74) is 5.33. The van der Waals surface area contributed by atoms with Crippen LogP contribution in [-0.4, -0.2) is 49.3 Å². The second kappa shape index (κ2) is 35.8. The molecule has 0 aliphatic carbocycles. The van der Waals surface area contributed by atoms with Crippen molar-refractivity contribution in [3.63, 3.8) is 0 Å². The van der Waals surface area contributed by atoms with Crippen molar-refractivity contribution < 1.29 is 37.6 Å². The maximum Gasteiger partial charge on any atom is 0.472 e. The lowest BCUT2D eigenvalue weighted by molar-refractivity contribution is -0.161. The van der Waals surface area contributed by atoms with Gasteiger partial charge in [-0.2, -0.15) is 0 Å². The molecule has 0 saturated carbocycles. The highest BCUT2D eigenvalue weighted by Crippen LogP contribution is 2.43. The fourth-order valence-corrected chi connectivity index (χ4v) is 6.52. The predicted molar refractivity (Wildman–Crippen MR) is 197 cm³/mol. The van der Waals surface area contributed by atoms with Crippen LogP contribution in [0.15, 0.2) is 0 Å². The van der Waals surface area contributed by atoms with E-state index in [4.69, 9.17) is 24.3 Å². The molecule has 0 aliphatic rings. The highest BCUT2D eigenvalue weighted by molar-refractivity contribution is 7.47. The highest BCUT2D eigenvalue weighted by atomic mass is 31.2. The number of rotatable bonds is 38. The predicted octanol–water partition coefficient (Wildman–Crippen LogP) is 10.9. The van der Waals surface area contributed by atoms with Gasteiger partial charge in [0.15, 0.2) is 6.10 Å². The Morgan fingerprint density at radius 2 is 0.896 bits per heavy atom. The number of hydrogen-bond donors (Lipinski definition) is 2. The first kappa shape index (κ1) is 47.0. The van der Waals surface area contributed by atoms with E-state index in [-0.39, 0.29) is 38.6 Å². The Kier molecular flexibility index (Phi) is 35.1. The minimum atomic E-state index is -4.36. The van der Waals surface area contributed by atoms with Gasteiger partial charge in [-0.15, -0.1) is 0 Å².